The fourth-order valence-electron chi connectivity index (χ4n) is 3.27. The van der Waals surface area contributed by atoms with E-state index in [2.05, 4.69) is 22.8 Å². The molecule has 3 rings (SSSR count). The van der Waals surface area contributed by atoms with Crippen molar-refractivity contribution in [1.29, 1.82) is 0 Å². The summed E-state index contributed by atoms with van der Waals surface area (Å²) in [4.78, 5) is 26.2. The molecule has 0 aliphatic carbocycles. The Morgan fingerprint density at radius 1 is 1.15 bits per heavy atom. The number of amides is 3. The summed E-state index contributed by atoms with van der Waals surface area (Å²) in [7, 11) is 1.56. The molecule has 142 valence electrons. The lowest BCUT2D eigenvalue weighted by atomic mass is 10.1. The fourth-order valence-corrected chi connectivity index (χ4v) is 3.27. The van der Waals surface area contributed by atoms with E-state index in [1.54, 1.807) is 19.2 Å². The average Bonchev–Trinajstić information content (AvgIpc) is 3.05. The van der Waals surface area contributed by atoms with Gasteiger partial charge in [-0.2, -0.15) is 0 Å². The first-order valence-electron chi connectivity index (χ1n) is 9.15. The molecule has 6 nitrogen and oxygen atoms in total. The lowest BCUT2D eigenvalue weighted by molar-refractivity contribution is -0.127. The molecule has 1 aliphatic heterocycles. The molecule has 0 radical (unpaired) electrons. The minimum absolute atomic E-state index is 0.136. The Morgan fingerprint density at radius 2 is 1.89 bits per heavy atom. The van der Waals surface area contributed by atoms with Gasteiger partial charge in [0.05, 0.1) is 12.8 Å². The van der Waals surface area contributed by atoms with E-state index in [1.165, 1.54) is 5.56 Å². The van der Waals surface area contributed by atoms with E-state index in [-0.39, 0.29) is 17.9 Å². The highest BCUT2D eigenvalue weighted by Crippen LogP contribution is 2.23. The number of benzene rings is 2. The number of nitrogens with one attached hydrogen (secondary N) is 2. The molecular formula is C21H25N3O3. The zero-order valence-electron chi connectivity index (χ0n) is 15.5. The Kier molecular flexibility index (Phi) is 6.30. The maximum absolute atomic E-state index is 12.2. The summed E-state index contributed by atoms with van der Waals surface area (Å²) in [6.07, 6.45) is 1.32. The average molecular weight is 367 g/mol. The first kappa shape index (κ1) is 18.8. The predicted octanol–water partition coefficient (Wildman–Crippen LogP) is 2.91. The van der Waals surface area contributed by atoms with Crippen molar-refractivity contribution in [2.24, 2.45) is 5.92 Å². The minimum atomic E-state index is -0.297. The van der Waals surface area contributed by atoms with Crippen LogP contribution < -0.4 is 15.4 Å². The SMILES string of the molecule is COc1ccccc1NC(=O)NC[C@H]1CC(=O)N(CCc2ccccc2)C1. The third-order valence-corrected chi connectivity index (χ3v) is 4.71. The second kappa shape index (κ2) is 9.07. The van der Waals surface area contributed by atoms with Crippen LogP contribution in [0.5, 0.6) is 5.75 Å². The van der Waals surface area contributed by atoms with Gasteiger partial charge >= 0.3 is 6.03 Å². The summed E-state index contributed by atoms with van der Waals surface area (Å²) < 4.78 is 5.22. The first-order valence-corrected chi connectivity index (χ1v) is 9.15. The number of hydrogen-bond acceptors (Lipinski definition) is 3. The molecule has 2 aromatic rings. The Labute approximate surface area is 159 Å². The zero-order valence-corrected chi connectivity index (χ0v) is 15.5. The monoisotopic (exact) mass is 367 g/mol. The molecule has 0 saturated carbocycles. The topological polar surface area (TPSA) is 70.7 Å². The van der Waals surface area contributed by atoms with Gasteiger partial charge < -0.3 is 20.3 Å². The summed E-state index contributed by atoms with van der Waals surface area (Å²) >= 11 is 0. The molecule has 1 heterocycles. The van der Waals surface area contributed by atoms with Crippen LogP contribution in [0.1, 0.15) is 12.0 Å². The molecule has 2 aromatic carbocycles. The lowest BCUT2D eigenvalue weighted by Gasteiger charge is -2.17. The first-order chi connectivity index (χ1) is 13.2. The second-order valence-corrected chi connectivity index (χ2v) is 6.68. The van der Waals surface area contributed by atoms with Crippen LogP contribution in [0.2, 0.25) is 0 Å². The fraction of sp³-hybridized carbons (Fsp3) is 0.333. The van der Waals surface area contributed by atoms with Gasteiger partial charge in [-0.3, -0.25) is 4.79 Å². The number of methoxy groups -OCH3 is 1. The third kappa shape index (κ3) is 5.23. The molecule has 27 heavy (non-hydrogen) atoms. The van der Waals surface area contributed by atoms with Gasteiger partial charge in [-0.25, -0.2) is 4.79 Å². The van der Waals surface area contributed by atoms with Crippen LogP contribution in [0, 0.1) is 5.92 Å². The van der Waals surface area contributed by atoms with E-state index in [9.17, 15) is 9.59 Å². The summed E-state index contributed by atoms with van der Waals surface area (Å²) in [6.45, 7) is 1.86. The maximum atomic E-state index is 12.2. The normalized spacial score (nSPS) is 16.3. The summed E-state index contributed by atoms with van der Waals surface area (Å²) in [5.41, 5.74) is 1.84. The number of para-hydroxylation sites is 2. The number of anilines is 1. The van der Waals surface area contributed by atoms with E-state index >= 15 is 0 Å². The van der Waals surface area contributed by atoms with Crippen molar-refractivity contribution in [2.45, 2.75) is 12.8 Å². The Balaban J connectivity index is 1.43. The third-order valence-electron chi connectivity index (χ3n) is 4.71. The lowest BCUT2D eigenvalue weighted by Crippen LogP contribution is -2.34. The summed E-state index contributed by atoms with van der Waals surface area (Å²) in [5, 5.41) is 5.64. The van der Waals surface area contributed by atoms with Crippen molar-refractivity contribution in [2.75, 3.05) is 32.1 Å². The highest BCUT2D eigenvalue weighted by atomic mass is 16.5. The van der Waals surface area contributed by atoms with Crippen LogP contribution in [0.25, 0.3) is 0 Å². The number of ether oxygens (including phenoxy) is 1. The number of urea groups is 1. The molecule has 0 bridgehead atoms. The molecule has 3 amide bonds. The van der Waals surface area contributed by atoms with E-state index in [1.807, 2.05) is 35.2 Å². The van der Waals surface area contributed by atoms with Crippen molar-refractivity contribution in [3.05, 3.63) is 60.2 Å². The van der Waals surface area contributed by atoms with Crippen LogP contribution in [-0.4, -0.2) is 43.6 Å². The predicted molar refractivity (Wildman–Crippen MR) is 105 cm³/mol. The van der Waals surface area contributed by atoms with E-state index in [4.69, 9.17) is 4.74 Å². The van der Waals surface area contributed by atoms with Gasteiger partial charge in [-0.15, -0.1) is 0 Å². The standard InChI is InChI=1S/C21H25N3O3/c1-27-19-10-6-5-9-18(19)23-21(26)22-14-17-13-20(25)24(15-17)12-11-16-7-3-2-4-8-16/h2-10,17H,11-15H2,1H3,(H2,22,23,26)/t17-/m1/s1. The van der Waals surface area contributed by atoms with Gasteiger partial charge in [0.15, 0.2) is 0 Å². The number of nitrogens with zero attached hydrogens (tertiary/aromatic N) is 1. The number of rotatable bonds is 7. The Bertz CT molecular complexity index is 779. The molecule has 1 aliphatic rings. The molecule has 1 saturated heterocycles. The van der Waals surface area contributed by atoms with Crippen LogP contribution in [0.15, 0.2) is 54.6 Å². The largest absolute Gasteiger partial charge is 0.495 e. The molecule has 1 fully saturated rings. The van der Waals surface area contributed by atoms with E-state index in [0.29, 0.717) is 37.5 Å². The molecule has 0 unspecified atom stereocenters. The Hall–Kier alpha value is -3.02. The van der Waals surface area contributed by atoms with E-state index in [0.717, 1.165) is 6.42 Å². The molecule has 6 heteroatoms. The second-order valence-electron chi connectivity index (χ2n) is 6.68. The van der Waals surface area contributed by atoms with Crippen LogP contribution in [-0.2, 0) is 11.2 Å². The van der Waals surface area contributed by atoms with Crippen LogP contribution in [0.4, 0.5) is 10.5 Å². The molecule has 0 spiro atoms. The van der Waals surface area contributed by atoms with Gasteiger partial charge in [0.2, 0.25) is 5.91 Å². The number of carbonyl (C=O) groups is 2. The minimum Gasteiger partial charge on any atom is -0.495 e. The van der Waals surface area contributed by atoms with Gasteiger partial charge in [-0.1, -0.05) is 42.5 Å². The van der Waals surface area contributed by atoms with Crippen molar-refractivity contribution >= 4 is 17.6 Å². The zero-order chi connectivity index (χ0) is 19.1. The highest BCUT2D eigenvalue weighted by molar-refractivity contribution is 5.91. The van der Waals surface area contributed by atoms with Crippen molar-refractivity contribution in [3.8, 4) is 5.75 Å². The quantitative estimate of drug-likeness (QED) is 0.790. The Morgan fingerprint density at radius 3 is 2.67 bits per heavy atom. The summed E-state index contributed by atoms with van der Waals surface area (Å²) in [6, 6.07) is 17.1. The molecule has 1 atom stereocenters. The van der Waals surface area contributed by atoms with E-state index < -0.39 is 0 Å². The molecule has 2 N–H and O–H groups in total. The smallest absolute Gasteiger partial charge is 0.319 e. The number of likely N-dealkylation sites (tertiary alicyclic amines) is 1. The number of hydrogen-bond donors (Lipinski definition) is 2. The van der Waals surface area contributed by atoms with Crippen molar-refractivity contribution in [1.82, 2.24) is 10.2 Å². The van der Waals surface area contributed by atoms with Gasteiger partial charge in [0.1, 0.15) is 5.75 Å². The maximum Gasteiger partial charge on any atom is 0.319 e. The molecular weight excluding hydrogens is 342 g/mol. The van der Waals surface area contributed by atoms with Gasteiger partial charge in [0, 0.05) is 32.0 Å². The van der Waals surface area contributed by atoms with Crippen LogP contribution >= 0.6 is 0 Å². The highest BCUT2D eigenvalue weighted by Gasteiger charge is 2.29. The van der Waals surface area contributed by atoms with Crippen molar-refractivity contribution < 1.29 is 14.3 Å². The van der Waals surface area contributed by atoms with Gasteiger partial charge in [0.25, 0.3) is 0 Å². The van der Waals surface area contributed by atoms with Crippen LogP contribution in [0.3, 0.4) is 0 Å². The van der Waals surface area contributed by atoms with Crippen molar-refractivity contribution in [3.63, 3.8) is 0 Å². The van der Waals surface area contributed by atoms with Gasteiger partial charge in [-0.05, 0) is 24.1 Å². The summed E-state index contributed by atoms with van der Waals surface area (Å²) in [5.74, 6) is 0.898. The number of carbonyl (C=O) groups excluding carboxylic acids is 2. The molecule has 0 aromatic heterocycles.